The first-order valence-corrected chi connectivity index (χ1v) is 8.61. The number of anilines is 2. The molecule has 20 heavy (non-hydrogen) atoms. The van der Waals surface area contributed by atoms with Gasteiger partial charge in [-0.25, -0.2) is 13.1 Å². The summed E-state index contributed by atoms with van der Waals surface area (Å²) in [7, 11) is -2.07. The number of hydrogen-bond acceptors (Lipinski definition) is 4. The minimum absolute atomic E-state index is 0.278. The van der Waals surface area contributed by atoms with Gasteiger partial charge in [0, 0.05) is 18.8 Å². The van der Waals surface area contributed by atoms with Crippen LogP contribution < -0.4 is 15.4 Å². The number of sulfonamides is 1. The number of nitrogens with zero attached hydrogens (tertiary/aromatic N) is 1. The molecule has 5 nitrogen and oxygen atoms in total. The molecule has 6 heteroatoms. The van der Waals surface area contributed by atoms with E-state index < -0.39 is 10.0 Å². The molecule has 1 aromatic rings. The van der Waals surface area contributed by atoms with Crippen molar-refractivity contribution >= 4 is 21.4 Å². The minimum Gasteiger partial charge on any atom is -0.399 e. The Balaban J connectivity index is 2.39. The van der Waals surface area contributed by atoms with Gasteiger partial charge in [0.1, 0.15) is 4.90 Å². The molecular formula is C14H23N3O2S. The summed E-state index contributed by atoms with van der Waals surface area (Å²) in [6.45, 7) is 1.80. The third kappa shape index (κ3) is 3.43. The van der Waals surface area contributed by atoms with Gasteiger partial charge in [-0.3, -0.25) is 0 Å². The number of benzene rings is 1. The van der Waals surface area contributed by atoms with E-state index >= 15 is 0 Å². The van der Waals surface area contributed by atoms with E-state index in [0.29, 0.717) is 5.69 Å². The predicted molar refractivity (Wildman–Crippen MR) is 82.4 cm³/mol. The van der Waals surface area contributed by atoms with Crippen LogP contribution in [-0.4, -0.2) is 28.6 Å². The molecule has 0 saturated carbocycles. The Morgan fingerprint density at radius 2 is 1.70 bits per heavy atom. The fourth-order valence-corrected chi connectivity index (χ4v) is 3.59. The molecule has 0 spiro atoms. The molecule has 2 rings (SSSR count). The zero-order valence-electron chi connectivity index (χ0n) is 11.9. The maximum absolute atomic E-state index is 12.2. The van der Waals surface area contributed by atoms with Crippen molar-refractivity contribution < 1.29 is 8.42 Å². The third-order valence-corrected chi connectivity index (χ3v) is 5.18. The number of hydrogen-bond donors (Lipinski definition) is 2. The van der Waals surface area contributed by atoms with Crippen LogP contribution in [0.4, 0.5) is 11.4 Å². The van der Waals surface area contributed by atoms with Gasteiger partial charge in [-0.2, -0.15) is 0 Å². The maximum atomic E-state index is 12.2. The zero-order valence-corrected chi connectivity index (χ0v) is 12.7. The van der Waals surface area contributed by atoms with Gasteiger partial charge < -0.3 is 10.6 Å². The Hall–Kier alpha value is -1.27. The number of nitrogen functional groups attached to an aromatic ring is 1. The highest BCUT2D eigenvalue weighted by molar-refractivity contribution is 7.89. The molecule has 1 fully saturated rings. The summed E-state index contributed by atoms with van der Waals surface area (Å²) in [6.07, 6.45) is 5.89. The molecule has 1 aromatic carbocycles. The van der Waals surface area contributed by atoms with Gasteiger partial charge in [0.05, 0.1) is 5.69 Å². The lowest BCUT2D eigenvalue weighted by Crippen LogP contribution is -2.30. The van der Waals surface area contributed by atoms with Gasteiger partial charge in [-0.05, 0) is 38.1 Å². The molecule has 0 aliphatic carbocycles. The van der Waals surface area contributed by atoms with Crippen LogP contribution in [0.1, 0.15) is 32.1 Å². The molecule has 112 valence electrons. The van der Waals surface area contributed by atoms with E-state index in [2.05, 4.69) is 9.62 Å². The molecule has 1 saturated heterocycles. The highest BCUT2D eigenvalue weighted by atomic mass is 32.2. The monoisotopic (exact) mass is 297 g/mol. The van der Waals surface area contributed by atoms with E-state index in [1.54, 1.807) is 12.1 Å². The summed E-state index contributed by atoms with van der Waals surface area (Å²) >= 11 is 0. The summed E-state index contributed by atoms with van der Waals surface area (Å²) in [5, 5.41) is 0. The second-order valence-electron chi connectivity index (χ2n) is 5.19. The Kier molecular flexibility index (Phi) is 4.88. The highest BCUT2D eigenvalue weighted by Gasteiger charge is 2.21. The van der Waals surface area contributed by atoms with Crippen molar-refractivity contribution in [2.24, 2.45) is 0 Å². The molecule has 0 radical (unpaired) electrons. The normalized spacial score (nSPS) is 17.6. The van der Waals surface area contributed by atoms with E-state index in [1.807, 2.05) is 6.07 Å². The smallest absolute Gasteiger partial charge is 0.242 e. The van der Waals surface area contributed by atoms with E-state index in [4.69, 9.17) is 5.73 Å². The fraction of sp³-hybridized carbons (Fsp3) is 0.571. The van der Waals surface area contributed by atoms with Crippen LogP contribution in [0, 0.1) is 0 Å². The van der Waals surface area contributed by atoms with Crippen LogP contribution in [-0.2, 0) is 10.0 Å². The summed E-state index contributed by atoms with van der Waals surface area (Å²) in [4.78, 5) is 2.45. The topological polar surface area (TPSA) is 75.4 Å². The lowest BCUT2D eigenvalue weighted by Gasteiger charge is -2.28. The summed E-state index contributed by atoms with van der Waals surface area (Å²) in [6, 6.07) is 5.13. The van der Waals surface area contributed by atoms with Crippen molar-refractivity contribution in [3.05, 3.63) is 18.2 Å². The summed E-state index contributed by atoms with van der Waals surface area (Å²) in [5.74, 6) is 0. The number of nitrogens with two attached hydrogens (primary N) is 1. The molecule has 1 aliphatic heterocycles. The van der Waals surface area contributed by atoms with Crippen molar-refractivity contribution in [3.63, 3.8) is 0 Å². The molecule has 3 N–H and O–H groups in total. The Labute approximate surface area is 121 Å². The van der Waals surface area contributed by atoms with Gasteiger partial charge in [0.2, 0.25) is 10.0 Å². The van der Waals surface area contributed by atoms with Crippen molar-refractivity contribution in [2.75, 3.05) is 30.8 Å². The van der Waals surface area contributed by atoms with E-state index in [-0.39, 0.29) is 4.90 Å². The first kappa shape index (κ1) is 15.1. The van der Waals surface area contributed by atoms with Gasteiger partial charge >= 0.3 is 0 Å². The molecule has 0 unspecified atom stereocenters. The van der Waals surface area contributed by atoms with Crippen LogP contribution in [0.2, 0.25) is 0 Å². The molecule has 1 aliphatic rings. The van der Waals surface area contributed by atoms with Crippen LogP contribution in [0.5, 0.6) is 0 Å². The molecule has 0 atom stereocenters. The van der Waals surface area contributed by atoms with Gasteiger partial charge in [-0.15, -0.1) is 0 Å². The van der Waals surface area contributed by atoms with Crippen molar-refractivity contribution in [1.82, 2.24) is 4.72 Å². The van der Waals surface area contributed by atoms with Crippen LogP contribution in [0.15, 0.2) is 23.1 Å². The standard InChI is InChI=1S/C14H23N3O2S/c1-16-20(18,19)14-11-12(15)7-8-13(14)17-9-5-3-2-4-6-10-17/h7-8,11,16H,2-6,9-10,15H2,1H3. The van der Waals surface area contributed by atoms with E-state index in [9.17, 15) is 8.42 Å². The molecule has 0 aromatic heterocycles. The Morgan fingerprint density at radius 1 is 1.10 bits per heavy atom. The maximum Gasteiger partial charge on any atom is 0.242 e. The van der Waals surface area contributed by atoms with Gasteiger partial charge in [-0.1, -0.05) is 19.3 Å². The highest BCUT2D eigenvalue weighted by Crippen LogP contribution is 2.29. The van der Waals surface area contributed by atoms with Crippen LogP contribution in [0.25, 0.3) is 0 Å². The fourth-order valence-electron chi connectivity index (χ4n) is 2.61. The average molecular weight is 297 g/mol. The Morgan fingerprint density at radius 3 is 2.30 bits per heavy atom. The first-order chi connectivity index (χ1) is 9.54. The van der Waals surface area contributed by atoms with Crippen molar-refractivity contribution in [3.8, 4) is 0 Å². The number of nitrogens with one attached hydrogen (secondary N) is 1. The quantitative estimate of drug-likeness (QED) is 0.836. The second kappa shape index (κ2) is 6.45. The SMILES string of the molecule is CNS(=O)(=O)c1cc(N)ccc1N1CCCCCCC1. The van der Waals surface area contributed by atoms with E-state index in [1.165, 1.54) is 26.3 Å². The van der Waals surface area contributed by atoms with Crippen molar-refractivity contribution in [1.29, 1.82) is 0 Å². The first-order valence-electron chi connectivity index (χ1n) is 7.12. The lowest BCUT2D eigenvalue weighted by atomic mass is 10.1. The zero-order chi connectivity index (χ0) is 14.6. The van der Waals surface area contributed by atoms with Gasteiger partial charge in [0.15, 0.2) is 0 Å². The van der Waals surface area contributed by atoms with Crippen LogP contribution in [0.3, 0.4) is 0 Å². The molecule has 0 amide bonds. The lowest BCUT2D eigenvalue weighted by molar-refractivity contribution is 0.553. The second-order valence-corrected chi connectivity index (χ2v) is 7.04. The van der Waals surface area contributed by atoms with E-state index in [0.717, 1.165) is 31.6 Å². The number of rotatable bonds is 3. The van der Waals surface area contributed by atoms with Gasteiger partial charge in [0.25, 0.3) is 0 Å². The molecule has 1 heterocycles. The summed E-state index contributed by atoms with van der Waals surface area (Å²) in [5.41, 5.74) is 6.98. The average Bonchev–Trinajstić information content (AvgIpc) is 2.39. The predicted octanol–water partition coefficient (Wildman–Crippen LogP) is 1.95. The third-order valence-electron chi connectivity index (χ3n) is 3.74. The van der Waals surface area contributed by atoms with Crippen molar-refractivity contribution in [2.45, 2.75) is 37.0 Å². The molecule has 0 bridgehead atoms. The van der Waals surface area contributed by atoms with Crippen LogP contribution >= 0.6 is 0 Å². The summed E-state index contributed by atoms with van der Waals surface area (Å²) < 4.78 is 26.7. The minimum atomic E-state index is -3.49. The largest absolute Gasteiger partial charge is 0.399 e. The Bertz CT molecular complexity index is 550. The molecular weight excluding hydrogens is 274 g/mol.